The molecule has 1 aliphatic heterocycles. The van der Waals surface area contributed by atoms with Crippen LogP contribution in [-0.2, 0) is 32.5 Å². The summed E-state index contributed by atoms with van der Waals surface area (Å²) in [5, 5.41) is 4.71. The average Bonchev–Trinajstić information content (AvgIpc) is 1.47. The van der Waals surface area contributed by atoms with Gasteiger partial charge in [-0.2, -0.15) is 0 Å². The summed E-state index contributed by atoms with van der Waals surface area (Å²) in [5.41, 5.74) is 28.2. The van der Waals surface area contributed by atoms with Gasteiger partial charge in [-0.25, -0.2) is 0 Å². The summed E-state index contributed by atoms with van der Waals surface area (Å²) < 4.78 is 10.2. The lowest BCUT2D eigenvalue weighted by atomic mass is 9.64. The van der Waals surface area contributed by atoms with E-state index in [1.807, 2.05) is 0 Å². The standard InChI is InChI=1S/C86H79N3O/c1-81(2,3)52-34-42-56(43-35-52)87(57-44-36-53(37-45-57)82(4,5)6)71-50-67-76(74-62-25-15-18-28-64(62)85(13,14)78(71)74)77-68(86(67)65-29-19-21-32-70(65)89-69-31-20-16-24-60(69)61-27-23-30-66(86)79(61)89)51-72(80-75(77)63-26-17-22-33-73(63)90-80)88(58-46-38-54(39-47-58)83(7,8)9)59-48-40-55(41-49-59)84(10,11)12/h15-51H,1-14H3. The second kappa shape index (κ2) is 19.1. The quantitative estimate of drug-likeness (QED) is 0.166. The summed E-state index contributed by atoms with van der Waals surface area (Å²) in [6, 6.07) is 86.5. The first-order valence-corrected chi connectivity index (χ1v) is 32.4. The molecule has 0 bridgehead atoms. The molecule has 0 saturated heterocycles. The van der Waals surface area contributed by atoms with Crippen LogP contribution < -0.4 is 9.80 Å². The number of benzene rings is 11. The van der Waals surface area contributed by atoms with Gasteiger partial charge in [-0.1, -0.05) is 243 Å². The summed E-state index contributed by atoms with van der Waals surface area (Å²) in [4.78, 5) is 5.10. The van der Waals surface area contributed by atoms with Gasteiger partial charge in [0.15, 0.2) is 5.58 Å². The SMILES string of the molecule is CC(C)(C)c1ccc(N(c2ccc(C(C)(C)C)cc2)c2cc3c(c4c2C(C)(C)c2ccccc2-4)-c2c(cc(N(c4ccc(C(C)(C)C)cc4)c4ccc(C(C)(C)C)cc4)c4oc5ccccc5c24)C32c3ccccc3-n3c4ccccc4c4cccc2c43)cc1. The van der Waals surface area contributed by atoms with Crippen molar-refractivity contribution in [2.75, 3.05) is 9.80 Å². The average molecular weight is 1170 g/mol. The first kappa shape index (κ1) is 55.9. The largest absolute Gasteiger partial charge is 0.454 e. The molecule has 0 fully saturated rings. The fraction of sp³-hybridized carbons (Fsp3) is 0.233. The minimum absolute atomic E-state index is 0.0328. The first-order valence-electron chi connectivity index (χ1n) is 32.4. The first-order chi connectivity index (χ1) is 43.0. The molecule has 4 nitrogen and oxygen atoms in total. The van der Waals surface area contributed by atoms with Gasteiger partial charge in [-0.05, 0) is 178 Å². The zero-order valence-corrected chi connectivity index (χ0v) is 54.6. The van der Waals surface area contributed by atoms with Crippen LogP contribution in [0.2, 0.25) is 0 Å². The molecule has 13 aromatic rings. The summed E-state index contributed by atoms with van der Waals surface area (Å²) in [6.07, 6.45) is 0. The highest BCUT2D eigenvalue weighted by atomic mass is 16.3. The molecule has 1 spiro atoms. The highest BCUT2D eigenvalue weighted by Gasteiger charge is 2.56. The molecule has 1 unspecified atom stereocenters. The van der Waals surface area contributed by atoms with E-state index in [2.05, 4.69) is 336 Å². The van der Waals surface area contributed by atoms with Gasteiger partial charge in [0.05, 0.1) is 33.5 Å². The number of hydrogen-bond acceptors (Lipinski definition) is 3. The van der Waals surface area contributed by atoms with Gasteiger partial charge in [0.25, 0.3) is 0 Å². The third-order valence-corrected chi connectivity index (χ3v) is 20.6. The lowest BCUT2D eigenvalue weighted by molar-refractivity contribution is 0.590. The van der Waals surface area contributed by atoms with E-state index in [-0.39, 0.29) is 21.7 Å². The Morgan fingerprint density at radius 2 is 0.800 bits per heavy atom. The molecule has 90 heavy (non-hydrogen) atoms. The Labute approximate surface area is 531 Å². The van der Waals surface area contributed by atoms with Crippen molar-refractivity contribution in [3.05, 3.63) is 280 Å². The van der Waals surface area contributed by atoms with Gasteiger partial charge in [-0.15, -0.1) is 0 Å². The summed E-state index contributed by atoms with van der Waals surface area (Å²) >= 11 is 0. The molecule has 0 amide bonds. The van der Waals surface area contributed by atoms with Crippen LogP contribution in [0.5, 0.6) is 0 Å². The number of furan rings is 1. The van der Waals surface area contributed by atoms with Crippen LogP contribution in [-0.4, -0.2) is 4.57 Å². The minimum Gasteiger partial charge on any atom is -0.454 e. The molecule has 0 radical (unpaired) electrons. The van der Waals surface area contributed by atoms with Gasteiger partial charge >= 0.3 is 0 Å². The molecule has 3 heterocycles. The Balaban J connectivity index is 1.13. The fourth-order valence-electron chi connectivity index (χ4n) is 16.0. The molecular formula is C86H79N3O. The van der Waals surface area contributed by atoms with Crippen molar-refractivity contribution >= 4 is 77.9 Å². The Bertz CT molecular complexity index is 4980. The van der Waals surface area contributed by atoms with E-state index in [4.69, 9.17) is 4.42 Å². The van der Waals surface area contributed by atoms with Gasteiger partial charge in [0, 0.05) is 49.7 Å². The fourth-order valence-corrected chi connectivity index (χ4v) is 16.0. The molecule has 0 N–H and O–H groups in total. The molecule has 2 aliphatic carbocycles. The maximum Gasteiger partial charge on any atom is 0.160 e. The van der Waals surface area contributed by atoms with E-state index in [9.17, 15) is 0 Å². The van der Waals surface area contributed by atoms with Gasteiger partial charge in [-0.3, -0.25) is 0 Å². The second-order valence-corrected chi connectivity index (χ2v) is 30.5. The number of anilines is 6. The third-order valence-electron chi connectivity index (χ3n) is 20.6. The van der Waals surface area contributed by atoms with Crippen molar-refractivity contribution in [2.45, 2.75) is 129 Å². The van der Waals surface area contributed by atoms with Crippen LogP contribution in [0.3, 0.4) is 0 Å². The van der Waals surface area contributed by atoms with E-state index in [1.54, 1.807) is 0 Å². The Morgan fingerprint density at radius 3 is 1.36 bits per heavy atom. The van der Waals surface area contributed by atoms with E-state index in [1.165, 1.54) is 111 Å². The van der Waals surface area contributed by atoms with Gasteiger partial charge in [0.2, 0.25) is 0 Å². The zero-order valence-electron chi connectivity index (χ0n) is 54.6. The smallest absolute Gasteiger partial charge is 0.160 e. The van der Waals surface area contributed by atoms with Crippen molar-refractivity contribution in [2.24, 2.45) is 0 Å². The van der Waals surface area contributed by atoms with Crippen LogP contribution in [0.25, 0.3) is 71.7 Å². The number of hydrogen-bond donors (Lipinski definition) is 0. The van der Waals surface area contributed by atoms with Crippen molar-refractivity contribution in [3.8, 4) is 27.9 Å². The summed E-state index contributed by atoms with van der Waals surface area (Å²) in [6.45, 7) is 32.6. The van der Waals surface area contributed by atoms with Crippen molar-refractivity contribution < 1.29 is 4.42 Å². The molecule has 0 saturated carbocycles. The maximum absolute atomic E-state index is 7.62. The van der Waals surface area contributed by atoms with E-state index in [0.29, 0.717) is 0 Å². The van der Waals surface area contributed by atoms with E-state index in [0.717, 1.165) is 50.4 Å². The lowest BCUT2D eigenvalue weighted by Gasteiger charge is -2.41. The molecule has 16 rings (SSSR count). The number of para-hydroxylation sites is 4. The molecular weight excluding hydrogens is 1090 g/mol. The van der Waals surface area contributed by atoms with Crippen molar-refractivity contribution in [3.63, 3.8) is 0 Å². The normalized spacial score (nSPS) is 15.6. The number of nitrogens with zero attached hydrogens (tertiary/aromatic N) is 3. The lowest BCUT2D eigenvalue weighted by Crippen LogP contribution is -2.34. The molecule has 11 aromatic carbocycles. The van der Waals surface area contributed by atoms with Crippen LogP contribution >= 0.6 is 0 Å². The van der Waals surface area contributed by atoms with Gasteiger partial charge in [0.1, 0.15) is 5.58 Å². The highest BCUT2D eigenvalue weighted by Crippen LogP contribution is 2.70. The van der Waals surface area contributed by atoms with E-state index >= 15 is 0 Å². The van der Waals surface area contributed by atoms with Crippen LogP contribution in [0, 0.1) is 0 Å². The molecule has 1 atom stereocenters. The molecule has 4 heteroatoms. The number of rotatable bonds is 6. The number of aromatic nitrogens is 1. The van der Waals surface area contributed by atoms with Crippen LogP contribution in [0.4, 0.5) is 34.1 Å². The zero-order chi connectivity index (χ0) is 62.3. The Kier molecular flexibility index (Phi) is 11.8. The monoisotopic (exact) mass is 1170 g/mol. The van der Waals surface area contributed by atoms with Gasteiger partial charge < -0.3 is 18.8 Å². The third kappa shape index (κ3) is 7.92. The minimum atomic E-state index is -0.895. The van der Waals surface area contributed by atoms with Crippen LogP contribution in [0.1, 0.15) is 153 Å². The molecule has 444 valence electrons. The van der Waals surface area contributed by atoms with Crippen LogP contribution in [0.15, 0.2) is 229 Å². The predicted octanol–water partition coefficient (Wildman–Crippen LogP) is 23.8. The predicted molar refractivity (Wildman–Crippen MR) is 381 cm³/mol. The maximum atomic E-state index is 7.62. The highest BCUT2D eigenvalue weighted by molar-refractivity contribution is 6.23. The summed E-state index contributed by atoms with van der Waals surface area (Å²) in [7, 11) is 0. The summed E-state index contributed by atoms with van der Waals surface area (Å²) in [5.74, 6) is 0. The number of fused-ring (bicyclic) bond motifs is 20. The van der Waals surface area contributed by atoms with Crippen molar-refractivity contribution in [1.82, 2.24) is 4.57 Å². The molecule has 2 aromatic heterocycles. The van der Waals surface area contributed by atoms with Crippen molar-refractivity contribution in [1.29, 1.82) is 0 Å². The Hall–Kier alpha value is -9.38. The Morgan fingerprint density at radius 1 is 0.367 bits per heavy atom. The van der Waals surface area contributed by atoms with E-state index < -0.39 is 10.8 Å². The molecule has 3 aliphatic rings. The second-order valence-electron chi connectivity index (χ2n) is 30.5. The topological polar surface area (TPSA) is 24.6 Å².